The third kappa shape index (κ3) is 3.31. The summed E-state index contributed by atoms with van der Waals surface area (Å²) in [5.74, 6) is -0.544. The summed E-state index contributed by atoms with van der Waals surface area (Å²) < 4.78 is 8.04. The van der Waals surface area contributed by atoms with Crippen molar-refractivity contribution in [2.24, 2.45) is 0 Å². The Morgan fingerprint density at radius 3 is 2.73 bits per heavy atom. The summed E-state index contributed by atoms with van der Waals surface area (Å²) in [6.45, 7) is 1.79. The number of carbonyl (C=O) groups is 1. The number of thiazole rings is 1. The maximum Gasteiger partial charge on any atom is 0.361 e. The van der Waals surface area contributed by atoms with E-state index in [1.165, 1.54) is 22.2 Å². The van der Waals surface area contributed by atoms with E-state index in [1.807, 2.05) is 24.3 Å². The van der Waals surface area contributed by atoms with Crippen LogP contribution in [0.3, 0.4) is 0 Å². The van der Waals surface area contributed by atoms with Crippen LogP contribution in [0.5, 0.6) is 0 Å². The number of fused-ring (bicyclic) bond motifs is 1. The lowest BCUT2D eigenvalue weighted by Crippen LogP contribution is -2.09. The van der Waals surface area contributed by atoms with E-state index in [-0.39, 0.29) is 5.69 Å². The molecule has 0 bridgehead atoms. The van der Waals surface area contributed by atoms with Gasteiger partial charge in [-0.05, 0) is 43.3 Å². The SMILES string of the molecule is C[C@@H](OC(=O)c1cn(-c2ccc(Cl)cc2)nn1)c1nc2ccccc2s1. The minimum atomic E-state index is -0.544. The Hall–Kier alpha value is -2.77. The molecule has 0 aliphatic carbocycles. The van der Waals surface area contributed by atoms with E-state index in [4.69, 9.17) is 16.3 Å². The van der Waals surface area contributed by atoms with Crippen molar-refractivity contribution in [1.82, 2.24) is 20.0 Å². The second-order valence-electron chi connectivity index (χ2n) is 5.59. The monoisotopic (exact) mass is 384 g/mol. The van der Waals surface area contributed by atoms with Gasteiger partial charge >= 0.3 is 5.97 Å². The van der Waals surface area contributed by atoms with Crippen molar-refractivity contribution in [3.8, 4) is 5.69 Å². The highest BCUT2D eigenvalue weighted by molar-refractivity contribution is 7.18. The first-order valence-electron chi connectivity index (χ1n) is 7.85. The van der Waals surface area contributed by atoms with Gasteiger partial charge in [0.05, 0.1) is 22.1 Å². The van der Waals surface area contributed by atoms with Crippen LogP contribution < -0.4 is 0 Å². The molecule has 0 aliphatic heterocycles. The smallest absolute Gasteiger partial charge is 0.361 e. The van der Waals surface area contributed by atoms with Gasteiger partial charge in [-0.2, -0.15) is 0 Å². The molecule has 8 heteroatoms. The highest BCUT2D eigenvalue weighted by atomic mass is 35.5. The number of benzene rings is 2. The molecule has 130 valence electrons. The molecule has 1 atom stereocenters. The molecule has 0 unspecified atom stereocenters. The number of esters is 1. The van der Waals surface area contributed by atoms with Crippen LogP contribution in [-0.4, -0.2) is 25.9 Å². The number of ether oxygens (including phenoxy) is 1. The number of nitrogens with zero attached hydrogens (tertiary/aromatic N) is 4. The molecule has 0 amide bonds. The summed E-state index contributed by atoms with van der Waals surface area (Å²) in [6, 6.07) is 14.9. The van der Waals surface area contributed by atoms with Gasteiger partial charge < -0.3 is 4.74 Å². The number of rotatable bonds is 4. The standard InChI is InChI=1S/C18H13ClN4O2S/c1-11(17-20-14-4-2-3-5-16(14)26-17)25-18(24)15-10-23(22-21-15)13-8-6-12(19)7-9-13/h2-11H,1H3/t11-/m1/s1. The molecule has 0 radical (unpaired) electrons. The van der Waals surface area contributed by atoms with Crippen LogP contribution in [0.15, 0.2) is 54.7 Å². The second kappa shape index (κ2) is 6.86. The molecular weight excluding hydrogens is 372 g/mol. The zero-order chi connectivity index (χ0) is 18.1. The van der Waals surface area contributed by atoms with Crippen molar-refractivity contribution in [2.75, 3.05) is 0 Å². The quantitative estimate of drug-likeness (QED) is 0.486. The fraction of sp³-hybridized carbons (Fsp3) is 0.111. The summed E-state index contributed by atoms with van der Waals surface area (Å²) in [6.07, 6.45) is 1.05. The fourth-order valence-electron chi connectivity index (χ4n) is 2.41. The van der Waals surface area contributed by atoms with Gasteiger partial charge in [0, 0.05) is 5.02 Å². The van der Waals surface area contributed by atoms with E-state index in [0.29, 0.717) is 5.02 Å². The lowest BCUT2D eigenvalue weighted by atomic mass is 10.3. The van der Waals surface area contributed by atoms with Crippen LogP contribution >= 0.6 is 22.9 Å². The first-order chi connectivity index (χ1) is 12.6. The lowest BCUT2D eigenvalue weighted by Gasteiger charge is -2.08. The zero-order valence-corrected chi connectivity index (χ0v) is 15.2. The van der Waals surface area contributed by atoms with Crippen molar-refractivity contribution in [1.29, 1.82) is 0 Å². The van der Waals surface area contributed by atoms with Gasteiger partial charge in [-0.1, -0.05) is 28.9 Å². The minimum absolute atomic E-state index is 0.132. The number of para-hydroxylation sites is 1. The number of hydrogen-bond acceptors (Lipinski definition) is 6. The van der Waals surface area contributed by atoms with Crippen LogP contribution in [0.1, 0.15) is 28.5 Å². The normalized spacial score (nSPS) is 12.2. The molecule has 0 saturated heterocycles. The van der Waals surface area contributed by atoms with Gasteiger partial charge in [0.15, 0.2) is 11.8 Å². The zero-order valence-electron chi connectivity index (χ0n) is 13.7. The van der Waals surface area contributed by atoms with Crippen LogP contribution in [0, 0.1) is 0 Å². The number of hydrogen-bond donors (Lipinski definition) is 0. The highest BCUT2D eigenvalue weighted by Crippen LogP contribution is 2.28. The molecule has 4 rings (SSSR count). The van der Waals surface area contributed by atoms with Crippen molar-refractivity contribution in [3.63, 3.8) is 0 Å². The third-order valence-electron chi connectivity index (χ3n) is 3.74. The number of halogens is 1. The van der Waals surface area contributed by atoms with Gasteiger partial charge in [0.1, 0.15) is 5.01 Å². The molecule has 0 N–H and O–H groups in total. The van der Waals surface area contributed by atoms with E-state index in [9.17, 15) is 4.79 Å². The molecule has 2 heterocycles. The Bertz CT molecular complexity index is 1040. The van der Waals surface area contributed by atoms with Crippen molar-refractivity contribution < 1.29 is 9.53 Å². The Morgan fingerprint density at radius 1 is 1.19 bits per heavy atom. The fourth-order valence-corrected chi connectivity index (χ4v) is 3.49. The number of carbonyl (C=O) groups excluding carboxylic acids is 1. The summed E-state index contributed by atoms with van der Waals surface area (Å²) >= 11 is 7.38. The Kier molecular flexibility index (Phi) is 4.40. The van der Waals surface area contributed by atoms with E-state index in [2.05, 4.69) is 15.3 Å². The Balaban J connectivity index is 1.50. The Labute approximate surface area is 158 Å². The van der Waals surface area contributed by atoms with E-state index < -0.39 is 12.1 Å². The lowest BCUT2D eigenvalue weighted by molar-refractivity contribution is 0.0330. The molecule has 0 aliphatic rings. The first kappa shape index (κ1) is 16.7. The van der Waals surface area contributed by atoms with Gasteiger partial charge in [-0.25, -0.2) is 14.5 Å². The average molecular weight is 385 g/mol. The predicted molar refractivity (Wildman–Crippen MR) is 99.8 cm³/mol. The van der Waals surface area contributed by atoms with E-state index in [1.54, 1.807) is 31.2 Å². The maximum absolute atomic E-state index is 12.4. The average Bonchev–Trinajstić information content (AvgIpc) is 3.29. The summed E-state index contributed by atoms with van der Waals surface area (Å²) in [5.41, 5.74) is 1.78. The molecule has 2 aromatic heterocycles. The van der Waals surface area contributed by atoms with E-state index in [0.717, 1.165) is 20.9 Å². The molecule has 0 fully saturated rings. The molecule has 4 aromatic rings. The van der Waals surface area contributed by atoms with Gasteiger partial charge in [0.25, 0.3) is 0 Å². The van der Waals surface area contributed by atoms with Crippen LogP contribution in [-0.2, 0) is 4.74 Å². The molecule has 2 aromatic carbocycles. The van der Waals surface area contributed by atoms with Gasteiger partial charge in [-0.3, -0.25) is 0 Å². The third-order valence-corrected chi connectivity index (χ3v) is 5.19. The van der Waals surface area contributed by atoms with Gasteiger partial charge in [0.2, 0.25) is 0 Å². The van der Waals surface area contributed by atoms with Crippen LogP contribution in [0.25, 0.3) is 15.9 Å². The second-order valence-corrected chi connectivity index (χ2v) is 7.09. The topological polar surface area (TPSA) is 69.9 Å². The first-order valence-corrected chi connectivity index (χ1v) is 9.04. The van der Waals surface area contributed by atoms with E-state index >= 15 is 0 Å². The molecular formula is C18H13ClN4O2S. The van der Waals surface area contributed by atoms with Crippen LogP contribution in [0.4, 0.5) is 0 Å². The molecule has 0 spiro atoms. The highest BCUT2D eigenvalue weighted by Gasteiger charge is 2.20. The number of aromatic nitrogens is 4. The molecule has 6 nitrogen and oxygen atoms in total. The van der Waals surface area contributed by atoms with Crippen molar-refractivity contribution in [2.45, 2.75) is 13.0 Å². The van der Waals surface area contributed by atoms with Gasteiger partial charge in [-0.15, -0.1) is 16.4 Å². The van der Waals surface area contributed by atoms with Crippen molar-refractivity contribution in [3.05, 3.63) is 70.5 Å². The summed E-state index contributed by atoms with van der Waals surface area (Å²) in [4.78, 5) is 16.9. The predicted octanol–water partition coefficient (Wildman–Crippen LogP) is 4.45. The maximum atomic E-state index is 12.4. The Morgan fingerprint density at radius 2 is 1.96 bits per heavy atom. The largest absolute Gasteiger partial charge is 0.450 e. The molecule has 0 saturated carbocycles. The summed E-state index contributed by atoms with van der Waals surface area (Å²) in [7, 11) is 0. The molecule has 26 heavy (non-hydrogen) atoms. The minimum Gasteiger partial charge on any atom is -0.450 e. The van der Waals surface area contributed by atoms with Crippen LogP contribution in [0.2, 0.25) is 5.02 Å². The van der Waals surface area contributed by atoms with Crippen molar-refractivity contribution >= 4 is 39.1 Å². The summed E-state index contributed by atoms with van der Waals surface area (Å²) in [5, 5.41) is 9.22.